The minimum absolute atomic E-state index is 0.469. The number of rotatable bonds is 4. The number of benzene rings is 3. The Bertz CT molecular complexity index is 1330. The molecule has 0 aliphatic heterocycles. The molecule has 0 atom stereocenters. The second-order valence-corrected chi connectivity index (χ2v) is 16.7. The summed E-state index contributed by atoms with van der Waals surface area (Å²) in [6, 6.07) is 16.1. The Labute approximate surface area is 202 Å². The molecule has 4 rings (SSSR count). The van der Waals surface area contributed by atoms with Crippen molar-refractivity contribution in [3.05, 3.63) is 59.1 Å². The Hall–Kier alpha value is -2.27. The molecule has 4 aromatic rings. The van der Waals surface area contributed by atoms with Crippen LogP contribution >= 0.6 is 11.6 Å². The van der Waals surface area contributed by atoms with E-state index in [0.717, 1.165) is 27.5 Å². The fourth-order valence-electron chi connectivity index (χ4n) is 4.55. The lowest BCUT2D eigenvalue weighted by molar-refractivity contribution is 0.0670. The first kappa shape index (κ1) is 23.9. The summed E-state index contributed by atoms with van der Waals surface area (Å²) in [5.41, 5.74) is 2.54. The van der Waals surface area contributed by atoms with Crippen molar-refractivity contribution in [2.75, 3.05) is 0 Å². The molecule has 0 radical (unpaired) electrons. The maximum Gasteiger partial charge on any atom is 0.145 e. The summed E-state index contributed by atoms with van der Waals surface area (Å²) in [6.45, 7) is 16.7. The molecule has 5 heteroatoms. The number of halogens is 1. The van der Waals surface area contributed by atoms with Gasteiger partial charge in [-0.05, 0) is 63.6 Å². The van der Waals surface area contributed by atoms with Gasteiger partial charge in [0.1, 0.15) is 22.5 Å². The SMILES string of the molecule is CC(C)(C)Oc1c(-c2ccccc2)c([Si](C)(C)C)c2c(oc3ccc(Cl)cc32)c1C(C)(C)O. The molecule has 0 amide bonds. The number of ether oxygens (including phenoxy) is 1. The molecular weight excluding hydrogens is 448 g/mol. The molecule has 3 aromatic carbocycles. The summed E-state index contributed by atoms with van der Waals surface area (Å²) in [6.07, 6.45) is 0. The third-order valence-electron chi connectivity index (χ3n) is 5.66. The van der Waals surface area contributed by atoms with Crippen LogP contribution in [0.2, 0.25) is 24.7 Å². The largest absolute Gasteiger partial charge is 0.487 e. The zero-order chi connectivity index (χ0) is 24.3. The van der Waals surface area contributed by atoms with E-state index in [-0.39, 0.29) is 0 Å². The maximum atomic E-state index is 11.5. The van der Waals surface area contributed by atoms with Crippen LogP contribution in [0.4, 0.5) is 0 Å². The van der Waals surface area contributed by atoms with Gasteiger partial charge in [-0.25, -0.2) is 0 Å². The number of fused-ring (bicyclic) bond motifs is 3. The van der Waals surface area contributed by atoms with Crippen molar-refractivity contribution in [2.24, 2.45) is 0 Å². The minimum Gasteiger partial charge on any atom is -0.487 e. The van der Waals surface area contributed by atoms with Crippen molar-refractivity contribution in [1.82, 2.24) is 0 Å². The Morgan fingerprint density at radius 1 is 0.939 bits per heavy atom. The van der Waals surface area contributed by atoms with Gasteiger partial charge in [0.2, 0.25) is 0 Å². The first-order chi connectivity index (χ1) is 15.2. The highest BCUT2D eigenvalue weighted by Gasteiger charge is 2.38. The van der Waals surface area contributed by atoms with E-state index >= 15 is 0 Å². The first-order valence-corrected chi connectivity index (χ1v) is 15.3. The average Bonchev–Trinajstić information content (AvgIpc) is 3.02. The van der Waals surface area contributed by atoms with Crippen LogP contribution < -0.4 is 9.92 Å². The minimum atomic E-state index is -1.98. The Balaban J connectivity index is 2.38. The van der Waals surface area contributed by atoms with Crippen molar-refractivity contribution >= 4 is 46.8 Å². The molecule has 0 unspecified atom stereocenters. The number of hydrogen-bond donors (Lipinski definition) is 1. The summed E-state index contributed by atoms with van der Waals surface area (Å²) in [5.74, 6) is 0.691. The monoisotopic (exact) mass is 480 g/mol. The number of furan rings is 1. The van der Waals surface area contributed by atoms with Gasteiger partial charge in [0.15, 0.2) is 0 Å². The molecule has 1 heterocycles. The number of hydrogen-bond acceptors (Lipinski definition) is 3. The second-order valence-electron chi connectivity index (χ2n) is 11.3. The maximum absolute atomic E-state index is 11.5. The van der Waals surface area contributed by atoms with E-state index in [0.29, 0.717) is 21.9 Å². The predicted molar refractivity (Wildman–Crippen MR) is 143 cm³/mol. The Morgan fingerprint density at radius 2 is 1.58 bits per heavy atom. The van der Waals surface area contributed by atoms with Gasteiger partial charge in [-0.3, -0.25) is 0 Å². The molecule has 0 aliphatic rings. The molecule has 0 aliphatic carbocycles. The molecule has 0 saturated carbocycles. The van der Waals surface area contributed by atoms with Gasteiger partial charge >= 0.3 is 0 Å². The van der Waals surface area contributed by atoms with E-state index in [2.05, 4.69) is 31.8 Å². The molecule has 3 nitrogen and oxygen atoms in total. The zero-order valence-corrected chi connectivity index (χ0v) is 22.5. The Morgan fingerprint density at radius 3 is 2.12 bits per heavy atom. The van der Waals surface area contributed by atoms with Crippen LogP contribution in [-0.2, 0) is 5.60 Å². The second kappa shape index (κ2) is 7.90. The van der Waals surface area contributed by atoms with Gasteiger partial charge in [-0.15, -0.1) is 0 Å². The van der Waals surface area contributed by atoms with Crippen LogP contribution in [0.1, 0.15) is 40.2 Å². The zero-order valence-electron chi connectivity index (χ0n) is 20.8. The van der Waals surface area contributed by atoms with Crippen LogP contribution in [0, 0.1) is 0 Å². The fraction of sp³-hybridized carbons (Fsp3) is 0.357. The average molecular weight is 481 g/mol. The fourth-order valence-corrected chi connectivity index (χ4v) is 6.73. The van der Waals surface area contributed by atoms with Gasteiger partial charge in [0, 0.05) is 21.4 Å². The topological polar surface area (TPSA) is 42.6 Å². The van der Waals surface area contributed by atoms with E-state index in [1.807, 2.05) is 57.2 Å². The highest BCUT2D eigenvalue weighted by Crippen LogP contribution is 2.47. The highest BCUT2D eigenvalue weighted by atomic mass is 35.5. The van der Waals surface area contributed by atoms with Crippen LogP contribution in [0.5, 0.6) is 5.75 Å². The molecule has 1 N–H and O–H groups in total. The summed E-state index contributed by atoms with van der Waals surface area (Å²) in [7, 11) is -1.98. The molecule has 0 bridgehead atoms. The van der Waals surface area contributed by atoms with Crippen LogP contribution in [0.15, 0.2) is 52.9 Å². The smallest absolute Gasteiger partial charge is 0.145 e. The van der Waals surface area contributed by atoms with E-state index < -0.39 is 19.3 Å². The van der Waals surface area contributed by atoms with Gasteiger partial charge in [-0.1, -0.05) is 61.6 Å². The standard InChI is InChI=1S/C28H33ClO3Si/c1-27(2,3)32-25-21(17-12-10-9-11-13-17)26(33(6,7)8)22-19-16-18(29)14-15-20(19)31-24(22)23(25)28(4,5)30/h9-16,30H,1-8H3. The molecule has 33 heavy (non-hydrogen) atoms. The molecule has 0 saturated heterocycles. The lowest BCUT2D eigenvalue weighted by atomic mass is 9.89. The summed E-state index contributed by atoms with van der Waals surface area (Å²) >= 11 is 6.44. The van der Waals surface area contributed by atoms with Crippen molar-refractivity contribution in [3.8, 4) is 16.9 Å². The summed E-state index contributed by atoms with van der Waals surface area (Å²) < 4.78 is 13.2. The molecule has 174 valence electrons. The van der Waals surface area contributed by atoms with E-state index in [1.54, 1.807) is 13.8 Å². The van der Waals surface area contributed by atoms with E-state index in [1.165, 1.54) is 5.19 Å². The Kier molecular flexibility index (Phi) is 5.71. The third-order valence-corrected chi connectivity index (χ3v) is 7.90. The van der Waals surface area contributed by atoms with E-state index in [9.17, 15) is 5.11 Å². The van der Waals surface area contributed by atoms with Gasteiger partial charge in [-0.2, -0.15) is 0 Å². The molecular formula is C28H33ClO3Si. The van der Waals surface area contributed by atoms with Gasteiger partial charge < -0.3 is 14.3 Å². The lowest BCUT2D eigenvalue weighted by Crippen LogP contribution is -2.41. The molecule has 0 fully saturated rings. The quantitative estimate of drug-likeness (QED) is 0.302. The van der Waals surface area contributed by atoms with Crippen molar-refractivity contribution in [3.63, 3.8) is 0 Å². The van der Waals surface area contributed by atoms with Crippen LogP contribution in [-0.4, -0.2) is 18.8 Å². The summed E-state index contributed by atoms with van der Waals surface area (Å²) in [5, 5.41) is 15.4. The van der Waals surface area contributed by atoms with Gasteiger partial charge in [0.05, 0.1) is 19.2 Å². The third kappa shape index (κ3) is 4.44. The molecule has 0 spiro atoms. The van der Waals surface area contributed by atoms with Crippen molar-refractivity contribution in [2.45, 2.75) is 65.5 Å². The molecule has 1 aromatic heterocycles. The number of aliphatic hydroxyl groups is 1. The van der Waals surface area contributed by atoms with Crippen LogP contribution in [0.3, 0.4) is 0 Å². The normalized spacial score (nSPS) is 13.2. The summed E-state index contributed by atoms with van der Waals surface area (Å²) in [4.78, 5) is 0. The van der Waals surface area contributed by atoms with Crippen LogP contribution in [0.25, 0.3) is 33.1 Å². The predicted octanol–water partition coefficient (Wildman–Crippen LogP) is 7.86. The first-order valence-electron chi connectivity index (χ1n) is 11.4. The van der Waals surface area contributed by atoms with E-state index in [4.69, 9.17) is 20.8 Å². The highest BCUT2D eigenvalue weighted by molar-refractivity contribution is 6.92. The van der Waals surface area contributed by atoms with Crippen molar-refractivity contribution in [1.29, 1.82) is 0 Å². The van der Waals surface area contributed by atoms with Gasteiger partial charge in [0.25, 0.3) is 0 Å². The van der Waals surface area contributed by atoms with Crippen molar-refractivity contribution < 1.29 is 14.3 Å². The lowest BCUT2D eigenvalue weighted by Gasteiger charge is -2.33.